The minimum absolute atomic E-state index is 0.483. The summed E-state index contributed by atoms with van der Waals surface area (Å²) in [6.07, 6.45) is 1.15. The van der Waals surface area contributed by atoms with Gasteiger partial charge in [0.25, 0.3) is 0 Å². The Labute approximate surface area is 88.7 Å². The summed E-state index contributed by atoms with van der Waals surface area (Å²) < 4.78 is 5.47. The summed E-state index contributed by atoms with van der Waals surface area (Å²) in [5.41, 5.74) is 0.0562. The highest BCUT2D eigenvalue weighted by Gasteiger charge is 2.42. The summed E-state index contributed by atoms with van der Waals surface area (Å²) in [5, 5.41) is 9.38. The van der Waals surface area contributed by atoms with E-state index in [4.69, 9.17) is 4.74 Å². The number of hydrogen-bond acceptors (Lipinski definition) is 2. The van der Waals surface area contributed by atoms with Gasteiger partial charge in [-0.15, -0.1) is 0 Å². The fourth-order valence-electron chi connectivity index (χ4n) is 2.20. The van der Waals surface area contributed by atoms with Gasteiger partial charge in [-0.25, -0.2) is 0 Å². The highest BCUT2D eigenvalue weighted by Crippen LogP contribution is 2.41. The van der Waals surface area contributed by atoms with Crippen molar-refractivity contribution >= 4 is 5.97 Å². The molecule has 0 aliphatic carbocycles. The molecule has 1 atom stereocenters. The highest BCUT2D eigenvalue weighted by molar-refractivity contribution is 5.82. The van der Waals surface area contributed by atoms with E-state index in [9.17, 15) is 9.90 Å². The Morgan fingerprint density at radius 3 is 2.93 bits per heavy atom. The lowest BCUT2D eigenvalue weighted by atomic mass is 9.74. The second-order valence-corrected chi connectivity index (χ2v) is 3.84. The third-order valence-corrected chi connectivity index (χ3v) is 3.20. The zero-order chi connectivity index (χ0) is 10.9. The Balaban J connectivity index is 2.57. The first kappa shape index (κ1) is 10.0. The first-order chi connectivity index (χ1) is 7.20. The van der Waals surface area contributed by atoms with Crippen LogP contribution >= 0.6 is 0 Å². The Morgan fingerprint density at radius 1 is 1.53 bits per heavy atom. The second kappa shape index (κ2) is 3.57. The van der Waals surface area contributed by atoms with E-state index in [-0.39, 0.29) is 0 Å². The molecule has 80 valence electrons. The molecule has 0 bridgehead atoms. The molecular formula is C12H14O3. The molecule has 15 heavy (non-hydrogen) atoms. The van der Waals surface area contributed by atoms with Crippen LogP contribution in [0.3, 0.4) is 0 Å². The van der Waals surface area contributed by atoms with Gasteiger partial charge in [-0.05, 0) is 12.5 Å². The first-order valence-electron chi connectivity index (χ1n) is 5.16. The molecule has 1 aliphatic rings. The maximum Gasteiger partial charge on any atom is 0.314 e. The molecule has 0 spiro atoms. The van der Waals surface area contributed by atoms with Crippen LogP contribution in [-0.4, -0.2) is 17.7 Å². The number of carbonyl (C=O) groups is 1. The third kappa shape index (κ3) is 1.39. The van der Waals surface area contributed by atoms with Gasteiger partial charge in [-0.1, -0.05) is 25.1 Å². The van der Waals surface area contributed by atoms with Crippen LogP contribution in [0.2, 0.25) is 0 Å². The average molecular weight is 206 g/mol. The zero-order valence-electron chi connectivity index (χ0n) is 8.69. The largest absolute Gasteiger partial charge is 0.493 e. The molecule has 2 rings (SSSR count). The van der Waals surface area contributed by atoms with Crippen molar-refractivity contribution in [3.8, 4) is 5.75 Å². The number of rotatable bonds is 2. The molecular weight excluding hydrogens is 192 g/mol. The zero-order valence-corrected chi connectivity index (χ0v) is 8.69. The van der Waals surface area contributed by atoms with E-state index in [0.29, 0.717) is 25.2 Å². The van der Waals surface area contributed by atoms with E-state index in [1.54, 1.807) is 0 Å². The van der Waals surface area contributed by atoms with Crippen LogP contribution in [0, 0.1) is 0 Å². The molecule has 0 aromatic heterocycles. The molecule has 1 aromatic carbocycles. The molecule has 1 heterocycles. The van der Waals surface area contributed by atoms with Crippen molar-refractivity contribution in [3.63, 3.8) is 0 Å². The molecule has 3 heteroatoms. The predicted molar refractivity (Wildman–Crippen MR) is 56.2 cm³/mol. The summed E-state index contributed by atoms with van der Waals surface area (Å²) in [6.45, 7) is 2.40. The van der Waals surface area contributed by atoms with Crippen molar-refractivity contribution in [2.24, 2.45) is 0 Å². The number of ether oxygens (including phenoxy) is 1. The average Bonchev–Trinajstić information content (AvgIpc) is 2.28. The van der Waals surface area contributed by atoms with Crippen LogP contribution in [-0.2, 0) is 10.2 Å². The van der Waals surface area contributed by atoms with Gasteiger partial charge in [-0.2, -0.15) is 0 Å². The SMILES string of the molecule is CCC1(C(=O)O)CCOc2ccccc21. The normalized spacial score (nSPS) is 24.1. The number of carboxylic acids is 1. The van der Waals surface area contributed by atoms with E-state index in [1.165, 1.54) is 0 Å². The van der Waals surface area contributed by atoms with Gasteiger partial charge in [0.15, 0.2) is 0 Å². The molecule has 0 amide bonds. The van der Waals surface area contributed by atoms with Crippen LogP contribution in [0.15, 0.2) is 24.3 Å². The summed E-state index contributed by atoms with van der Waals surface area (Å²) in [7, 11) is 0. The van der Waals surface area contributed by atoms with E-state index < -0.39 is 11.4 Å². The summed E-state index contributed by atoms with van der Waals surface area (Å²) in [4.78, 5) is 11.4. The third-order valence-electron chi connectivity index (χ3n) is 3.20. The van der Waals surface area contributed by atoms with Crippen LogP contribution in [0.4, 0.5) is 0 Å². The van der Waals surface area contributed by atoms with Crippen LogP contribution < -0.4 is 4.74 Å². The first-order valence-corrected chi connectivity index (χ1v) is 5.16. The Bertz CT molecular complexity index is 386. The number of hydrogen-bond donors (Lipinski definition) is 1. The summed E-state index contributed by atoms with van der Waals surface area (Å²) >= 11 is 0. The van der Waals surface area contributed by atoms with Gasteiger partial charge < -0.3 is 9.84 Å². The quantitative estimate of drug-likeness (QED) is 0.806. The molecule has 0 saturated heterocycles. The Kier molecular flexibility index (Phi) is 2.39. The summed E-state index contributed by atoms with van der Waals surface area (Å²) in [5.74, 6) is -0.0336. The van der Waals surface area contributed by atoms with Crippen molar-refractivity contribution in [1.29, 1.82) is 0 Å². The van der Waals surface area contributed by atoms with Gasteiger partial charge in [0.05, 0.1) is 12.0 Å². The number of aliphatic carboxylic acids is 1. The van der Waals surface area contributed by atoms with Crippen LogP contribution in [0.25, 0.3) is 0 Å². The lowest BCUT2D eigenvalue weighted by Gasteiger charge is -2.34. The topological polar surface area (TPSA) is 46.5 Å². The maximum atomic E-state index is 11.4. The molecule has 3 nitrogen and oxygen atoms in total. The maximum absolute atomic E-state index is 11.4. The van der Waals surface area contributed by atoms with E-state index in [0.717, 1.165) is 5.56 Å². The molecule has 1 N–H and O–H groups in total. The van der Waals surface area contributed by atoms with Crippen molar-refractivity contribution in [2.45, 2.75) is 25.2 Å². The van der Waals surface area contributed by atoms with Gasteiger partial charge in [-0.3, -0.25) is 4.79 Å². The standard InChI is InChI=1S/C12H14O3/c1-2-12(11(13)14)7-8-15-10-6-4-3-5-9(10)12/h3-6H,2,7-8H2,1H3,(H,13,14). The highest BCUT2D eigenvalue weighted by atomic mass is 16.5. The fourth-order valence-corrected chi connectivity index (χ4v) is 2.20. The van der Waals surface area contributed by atoms with Gasteiger partial charge in [0.1, 0.15) is 5.75 Å². The lowest BCUT2D eigenvalue weighted by Crippen LogP contribution is -2.39. The predicted octanol–water partition coefficient (Wildman–Crippen LogP) is 2.20. The van der Waals surface area contributed by atoms with Crippen LogP contribution in [0.5, 0.6) is 5.75 Å². The van der Waals surface area contributed by atoms with Crippen molar-refractivity contribution in [3.05, 3.63) is 29.8 Å². The number of carboxylic acid groups (broad SMARTS) is 1. The second-order valence-electron chi connectivity index (χ2n) is 3.84. The smallest absolute Gasteiger partial charge is 0.314 e. The molecule has 1 aliphatic heterocycles. The van der Waals surface area contributed by atoms with E-state index in [2.05, 4.69) is 0 Å². The monoisotopic (exact) mass is 206 g/mol. The number of fused-ring (bicyclic) bond motifs is 1. The molecule has 1 aromatic rings. The Hall–Kier alpha value is -1.51. The molecule has 0 fully saturated rings. The van der Waals surface area contributed by atoms with Crippen LogP contribution in [0.1, 0.15) is 25.3 Å². The Morgan fingerprint density at radius 2 is 2.27 bits per heavy atom. The van der Waals surface area contributed by atoms with E-state index in [1.807, 2.05) is 31.2 Å². The van der Waals surface area contributed by atoms with Crippen molar-refractivity contribution in [1.82, 2.24) is 0 Å². The lowest BCUT2D eigenvalue weighted by molar-refractivity contribution is -0.145. The van der Waals surface area contributed by atoms with Crippen molar-refractivity contribution in [2.75, 3.05) is 6.61 Å². The number of para-hydroxylation sites is 1. The fraction of sp³-hybridized carbons (Fsp3) is 0.417. The van der Waals surface area contributed by atoms with Gasteiger partial charge >= 0.3 is 5.97 Å². The minimum Gasteiger partial charge on any atom is -0.493 e. The molecule has 0 saturated carbocycles. The van der Waals surface area contributed by atoms with Crippen molar-refractivity contribution < 1.29 is 14.6 Å². The summed E-state index contributed by atoms with van der Waals surface area (Å²) in [6, 6.07) is 7.42. The molecule has 0 radical (unpaired) electrons. The molecule has 1 unspecified atom stereocenters. The van der Waals surface area contributed by atoms with Gasteiger partial charge in [0, 0.05) is 12.0 Å². The minimum atomic E-state index is -0.755. The van der Waals surface area contributed by atoms with Gasteiger partial charge in [0.2, 0.25) is 0 Å². The number of benzene rings is 1. The van der Waals surface area contributed by atoms with E-state index >= 15 is 0 Å².